The molecule has 2 aliphatic rings. The smallest absolute Gasteiger partial charge is 0.162 e. The summed E-state index contributed by atoms with van der Waals surface area (Å²) in [5.74, 6) is 1.53. The van der Waals surface area contributed by atoms with E-state index in [1.807, 2.05) is 12.1 Å². The number of rotatable bonds is 3. The van der Waals surface area contributed by atoms with E-state index in [-0.39, 0.29) is 4.83 Å². The van der Waals surface area contributed by atoms with Crippen molar-refractivity contribution >= 4 is 27.5 Å². The topological polar surface area (TPSA) is 27.7 Å². The third-order valence-corrected chi connectivity index (χ3v) is 4.89. The zero-order valence-corrected chi connectivity index (χ0v) is 13.6. The predicted molar refractivity (Wildman–Crippen MR) is 82.3 cm³/mol. The second-order valence-electron chi connectivity index (χ2n) is 5.21. The van der Waals surface area contributed by atoms with Gasteiger partial charge in [-0.2, -0.15) is 0 Å². The first-order valence-electron chi connectivity index (χ1n) is 7.09. The molecule has 1 aromatic rings. The van der Waals surface area contributed by atoms with Crippen LogP contribution in [0.15, 0.2) is 12.1 Å². The van der Waals surface area contributed by atoms with Gasteiger partial charge in [-0.05, 0) is 30.9 Å². The van der Waals surface area contributed by atoms with Crippen molar-refractivity contribution < 1.29 is 14.2 Å². The Morgan fingerprint density at radius 3 is 2.60 bits per heavy atom. The number of halogens is 2. The third-order valence-electron chi connectivity index (χ3n) is 3.70. The molecule has 2 heterocycles. The van der Waals surface area contributed by atoms with Crippen LogP contribution in [0.25, 0.3) is 0 Å². The average molecular weight is 362 g/mol. The fourth-order valence-corrected chi connectivity index (χ4v) is 3.84. The summed E-state index contributed by atoms with van der Waals surface area (Å²) in [6, 6.07) is 3.86. The van der Waals surface area contributed by atoms with Gasteiger partial charge in [-0.25, -0.2) is 0 Å². The van der Waals surface area contributed by atoms with Crippen molar-refractivity contribution in [2.24, 2.45) is 0 Å². The van der Waals surface area contributed by atoms with Crippen molar-refractivity contribution in [3.05, 3.63) is 22.7 Å². The molecule has 5 heteroatoms. The molecule has 1 fully saturated rings. The lowest BCUT2D eigenvalue weighted by atomic mass is 10.0. The highest BCUT2D eigenvalue weighted by molar-refractivity contribution is 9.09. The Balaban J connectivity index is 1.79. The minimum absolute atomic E-state index is 0.176. The van der Waals surface area contributed by atoms with E-state index in [0.717, 1.165) is 49.4 Å². The van der Waals surface area contributed by atoms with Crippen LogP contribution in [-0.2, 0) is 4.74 Å². The van der Waals surface area contributed by atoms with E-state index in [0.29, 0.717) is 24.3 Å². The second-order valence-corrected chi connectivity index (χ2v) is 6.72. The van der Waals surface area contributed by atoms with Gasteiger partial charge in [0.15, 0.2) is 11.5 Å². The van der Waals surface area contributed by atoms with Gasteiger partial charge < -0.3 is 14.2 Å². The lowest BCUT2D eigenvalue weighted by Gasteiger charge is -2.18. The molecule has 0 amide bonds. The Bertz CT molecular complexity index is 474. The molecule has 2 unspecified atom stereocenters. The van der Waals surface area contributed by atoms with Gasteiger partial charge in [0.1, 0.15) is 0 Å². The van der Waals surface area contributed by atoms with E-state index in [4.69, 9.17) is 25.8 Å². The summed E-state index contributed by atoms with van der Waals surface area (Å²) < 4.78 is 17.1. The van der Waals surface area contributed by atoms with Crippen molar-refractivity contribution in [2.75, 3.05) is 19.8 Å². The van der Waals surface area contributed by atoms with Crippen LogP contribution < -0.4 is 9.47 Å². The van der Waals surface area contributed by atoms with Crippen LogP contribution in [-0.4, -0.2) is 25.9 Å². The van der Waals surface area contributed by atoms with Crippen LogP contribution in [0.4, 0.5) is 0 Å². The Morgan fingerprint density at radius 1 is 1.15 bits per heavy atom. The maximum Gasteiger partial charge on any atom is 0.162 e. The van der Waals surface area contributed by atoms with Gasteiger partial charge in [0.2, 0.25) is 0 Å². The fourth-order valence-electron chi connectivity index (χ4n) is 2.63. The number of fused-ring (bicyclic) bond motifs is 1. The van der Waals surface area contributed by atoms with Gasteiger partial charge in [-0.3, -0.25) is 0 Å². The van der Waals surface area contributed by atoms with Crippen molar-refractivity contribution in [3.63, 3.8) is 0 Å². The Hall–Kier alpha value is -0.450. The predicted octanol–water partition coefficient (Wildman–Crippen LogP) is 4.51. The van der Waals surface area contributed by atoms with Gasteiger partial charge in [0.05, 0.1) is 19.3 Å². The van der Waals surface area contributed by atoms with Crippen molar-refractivity contribution in [2.45, 2.75) is 36.6 Å². The summed E-state index contributed by atoms with van der Waals surface area (Å²) in [6.07, 6.45) is 4.43. The maximum atomic E-state index is 6.39. The molecule has 0 bridgehead atoms. The number of hydrogen-bond acceptors (Lipinski definition) is 3. The summed E-state index contributed by atoms with van der Waals surface area (Å²) in [4.78, 5) is 0.176. The number of hydrogen-bond donors (Lipinski definition) is 0. The summed E-state index contributed by atoms with van der Waals surface area (Å²) in [5.41, 5.74) is 1.05. The SMILES string of the molecule is Clc1cc2c(cc1C(Br)CC1CCCO1)OCCCO2. The average Bonchev–Trinajstić information content (AvgIpc) is 2.82. The highest BCUT2D eigenvalue weighted by Gasteiger charge is 2.23. The zero-order chi connectivity index (χ0) is 13.9. The zero-order valence-electron chi connectivity index (χ0n) is 11.2. The molecule has 20 heavy (non-hydrogen) atoms. The van der Waals surface area contributed by atoms with E-state index in [1.54, 1.807) is 0 Å². The molecule has 0 spiro atoms. The van der Waals surface area contributed by atoms with Crippen LogP contribution in [0.2, 0.25) is 5.02 Å². The summed E-state index contributed by atoms with van der Waals surface area (Å²) in [5, 5.41) is 0.717. The standard InChI is InChI=1S/C15H18BrClO3/c16-12(7-10-3-1-4-18-10)11-8-14-15(9-13(11)17)20-6-2-5-19-14/h8-10,12H,1-7H2. The largest absolute Gasteiger partial charge is 0.490 e. The maximum absolute atomic E-state index is 6.39. The van der Waals surface area contributed by atoms with E-state index in [9.17, 15) is 0 Å². The molecule has 110 valence electrons. The molecular formula is C15H18BrClO3. The summed E-state index contributed by atoms with van der Waals surface area (Å²) in [7, 11) is 0. The molecule has 0 saturated carbocycles. The van der Waals surface area contributed by atoms with Crippen LogP contribution >= 0.6 is 27.5 Å². The Labute approximate surface area is 132 Å². The third kappa shape index (κ3) is 3.23. The normalized spacial score (nSPS) is 23.4. The van der Waals surface area contributed by atoms with Crippen LogP contribution in [0.3, 0.4) is 0 Å². The lowest BCUT2D eigenvalue weighted by Crippen LogP contribution is -2.08. The fraction of sp³-hybridized carbons (Fsp3) is 0.600. The van der Waals surface area contributed by atoms with Crippen LogP contribution in [0.5, 0.6) is 11.5 Å². The highest BCUT2D eigenvalue weighted by atomic mass is 79.9. The highest BCUT2D eigenvalue weighted by Crippen LogP contribution is 2.42. The van der Waals surface area contributed by atoms with Crippen molar-refractivity contribution in [1.29, 1.82) is 0 Å². The quantitative estimate of drug-likeness (QED) is 0.742. The minimum atomic E-state index is 0.176. The second kappa shape index (κ2) is 6.54. The first-order chi connectivity index (χ1) is 9.74. The van der Waals surface area contributed by atoms with E-state index in [1.165, 1.54) is 0 Å². The molecule has 0 N–H and O–H groups in total. The van der Waals surface area contributed by atoms with Crippen molar-refractivity contribution in [1.82, 2.24) is 0 Å². The molecular weight excluding hydrogens is 344 g/mol. The molecule has 0 aromatic heterocycles. The molecule has 0 radical (unpaired) electrons. The molecule has 2 atom stereocenters. The lowest BCUT2D eigenvalue weighted by molar-refractivity contribution is 0.104. The van der Waals surface area contributed by atoms with Crippen LogP contribution in [0, 0.1) is 0 Å². The number of benzene rings is 1. The Morgan fingerprint density at radius 2 is 1.90 bits per heavy atom. The van der Waals surface area contributed by atoms with Gasteiger partial charge in [0, 0.05) is 28.9 Å². The molecule has 3 nitrogen and oxygen atoms in total. The molecule has 3 rings (SSSR count). The van der Waals surface area contributed by atoms with E-state index < -0.39 is 0 Å². The summed E-state index contributed by atoms with van der Waals surface area (Å²) in [6.45, 7) is 2.24. The van der Waals surface area contributed by atoms with Gasteiger partial charge >= 0.3 is 0 Å². The van der Waals surface area contributed by atoms with Crippen LogP contribution in [0.1, 0.15) is 36.1 Å². The first kappa shape index (κ1) is 14.5. The number of ether oxygens (including phenoxy) is 3. The van der Waals surface area contributed by atoms with E-state index >= 15 is 0 Å². The molecule has 1 saturated heterocycles. The minimum Gasteiger partial charge on any atom is -0.490 e. The molecule has 0 aliphatic carbocycles. The first-order valence-corrected chi connectivity index (χ1v) is 8.38. The van der Waals surface area contributed by atoms with E-state index in [2.05, 4.69) is 15.9 Å². The van der Waals surface area contributed by atoms with Crippen molar-refractivity contribution in [3.8, 4) is 11.5 Å². The molecule has 1 aromatic carbocycles. The van der Waals surface area contributed by atoms with Gasteiger partial charge in [-0.1, -0.05) is 27.5 Å². The summed E-state index contributed by atoms with van der Waals surface area (Å²) >= 11 is 10.1. The monoisotopic (exact) mass is 360 g/mol. The number of alkyl halides is 1. The Kier molecular flexibility index (Phi) is 4.74. The van der Waals surface area contributed by atoms with Gasteiger partial charge in [-0.15, -0.1) is 0 Å². The molecule has 2 aliphatic heterocycles. The van der Waals surface area contributed by atoms with Gasteiger partial charge in [0.25, 0.3) is 0 Å².